The monoisotopic (exact) mass is 293 g/mol. The molecular formula is C15H19NO5. The van der Waals surface area contributed by atoms with E-state index in [0.29, 0.717) is 6.42 Å². The number of aliphatic hydroxyl groups is 2. The Bertz CT molecular complexity index is 514. The summed E-state index contributed by atoms with van der Waals surface area (Å²) in [6.45, 7) is 1.27. The Morgan fingerprint density at radius 3 is 2.52 bits per heavy atom. The van der Waals surface area contributed by atoms with E-state index < -0.39 is 23.7 Å². The maximum atomic E-state index is 12.0. The van der Waals surface area contributed by atoms with Gasteiger partial charge in [-0.05, 0) is 5.56 Å². The van der Waals surface area contributed by atoms with Crippen molar-refractivity contribution in [3.8, 4) is 0 Å². The van der Waals surface area contributed by atoms with Gasteiger partial charge < -0.3 is 20.3 Å². The molecule has 0 radical (unpaired) electrons. The third-order valence-corrected chi connectivity index (χ3v) is 3.41. The second kappa shape index (κ2) is 6.24. The van der Waals surface area contributed by atoms with E-state index in [9.17, 15) is 19.8 Å². The molecule has 2 atom stereocenters. The fraction of sp³-hybridized carbons (Fsp3) is 0.467. The minimum absolute atomic E-state index is 0.0588. The first-order chi connectivity index (χ1) is 9.88. The van der Waals surface area contributed by atoms with Crippen molar-refractivity contribution in [3.63, 3.8) is 0 Å². The van der Waals surface area contributed by atoms with Crippen LogP contribution in [-0.2, 0) is 20.7 Å². The number of esters is 1. The molecule has 0 saturated heterocycles. The number of benzene rings is 1. The van der Waals surface area contributed by atoms with E-state index in [1.54, 1.807) is 0 Å². The van der Waals surface area contributed by atoms with Crippen LogP contribution in [0.5, 0.6) is 0 Å². The second-order valence-electron chi connectivity index (χ2n) is 5.35. The molecule has 1 saturated carbocycles. The van der Waals surface area contributed by atoms with Crippen LogP contribution in [0, 0.1) is 5.92 Å². The maximum Gasteiger partial charge on any atom is 0.328 e. The van der Waals surface area contributed by atoms with Gasteiger partial charge >= 0.3 is 5.97 Å². The van der Waals surface area contributed by atoms with Gasteiger partial charge in [0.2, 0.25) is 5.91 Å². The third kappa shape index (κ3) is 4.54. The SMILES string of the molecule is CC(=O)N[C@@H](Cc1ccccc1)C(=O)OCC1CC1(O)O. The van der Waals surface area contributed by atoms with Gasteiger partial charge in [0, 0.05) is 19.8 Å². The molecule has 3 N–H and O–H groups in total. The molecule has 1 unspecified atom stereocenters. The van der Waals surface area contributed by atoms with Gasteiger partial charge in [-0.1, -0.05) is 30.3 Å². The summed E-state index contributed by atoms with van der Waals surface area (Å²) in [7, 11) is 0. The second-order valence-corrected chi connectivity index (χ2v) is 5.35. The quantitative estimate of drug-likeness (QED) is 0.506. The van der Waals surface area contributed by atoms with Crippen molar-refractivity contribution < 1.29 is 24.5 Å². The lowest BCUT2D eigenvalue weighted by Gasteiger charge is -2.17. The van der Waals surface area contributed by atoms with E-state index >= 15 is 0 Å². The molecule has 0 aliphatic heterocycles. The van der Waals surface area contributed by atoms with E-state index in [0.717, 1.165) is 5.56 Å². The first kappa shape index (κ1) is 15.5. The largest absolute Gasteiger partial charge is 0.464 e. The minimum Gasteiger partial charge on any atom is -0.464 e. The van der Waals surface area contributed by atoms with Crippen molar-refractivity contribution in [2.24, 2.45) is 5.92 Å². The van der Waals surface area contributed by atoms with Gasteiger partial charge in [-0.2, -0.15) is 0 Å². The Morgan fingerprint density at radius 1 is 1.38 bits per heavy atom. The van der Waals surface area contributed by atoms with E-state index in [1.807, 2.05) is 30.3 Å². The number of carbonyl (C=O) groups excluding carboxylic acids is 2. The van der Waals surface area contributed by atoms with E-state index in [2.05, 4.69) is 5.32 Å². The summed E-state index contributed by atoms with van der Waals surface area (Å²) in [5, 5.41) is 21.0. The van der Waals surface area contributed by atoms with Gasteiger partial charge in [-0.25, -0.2) is 4.79 Å². The van der Waals surface area contributed by atoms with Gasteiger partial charge in [0.15, 0.2) is 5.79 Å². The van der Waals surface area contributed by atoms with Crippen molar-refractivity contribution in [1.82, 2.24) is 5.32 Å². The molecule has 1 aliphatic carbocycles. The zero-order valence-corrected chi connectivity index (χ0v) is 11.8. The summed E-state index contributed by atoms with van der Waals surface area (Å²) in [5.74, 6) is -3.06. The molecular weight excluding hydrogens is 274 g/mol. The molecule has 0 aromatic heterocycles. The van der Waals surface area contributed by atoms with E-state index in [4.69, 9.17) is 4.74 Å². The van der Waals surface area contributed by atoms with Gasteiger partial charge in [-0.3, -0.25) is 4.79 Å². The van der Waals surface area contributed by atoms with Crippen LogP contribution in [-0.4, -0.2) is 40.5 Å². The standard InChI is InChI=1S/C15H19NO5/c1-10(17)16-13(7-11-5-3-2-4-6-11)14(18)21-9-12-8-15(12,19)20/h2-6,12-13,19-20H,7-9H2,1H3,(H,16,17)/t12?,13-/m0/s1. The zero-order valence-electron chi connectivity index (χ0n) is 11.8. The predicted molar refractivity (Wildman–Crippen MR) is 74.0 cm³/mol. The summed E-state index contributed by atoms with van der Waals surface area (Å²) in [6.07, 6.45) is 0.525. The lowest BCUT2D eigenvalue weighted by molar-refractivity contribution is -0.150. The Morgan fingerprint density at radius 2 is 2.00 bits per heavy atom. The number of carbonyl (C=O) groups is 2. The van der Waals surface area contributed by atoms with Crippen LogP contribution in [0.4, 0.5) is 0 Å². The number of nitrogens with one attached hydrogen (secondary N) is 1. The van der Waals surface area contributed by atoms with Crippen molar-refractivity contribution in [2.75, 3.05) is 6.61 Å². The third-order valence-electron chi connectivity index (χ3n) is 3.41. The molecule has 2 rings (SSSR count). The Kier molecular flexibility index (Phi) is 4.59. The first-order valence-electron chi connectivity index (χ1n) is 6.81. The summed E-state index contributed by atoms with van der Waals surface area (Å²) in [5.41, 5.74) is 0.901. The van der Waals surface area contributed by atoms with Crippen LogP contribution in [0.3, 0.4) is 0 Å². The summed E-state index contributed by atoms with van der Waals surface area (Å²) < 4.78 is 5.06. The smallest absolute Gasteiger partial charge is 0.328 e. The van der Waals surface area contributed by atoms with Crippen molar-refractivity contribution in [1.29, 1.82) is 0 Å². The summed E-state index contributed by atoms with van der Waals surface area (Å²) in [6, 6.07) is 8.49. The van der Waals surface area contributed by atoms with Crippen LogP contribution < -0.4 is 5.32 Å². The normalized spacial score (nSPS) is 20.4. The first-order valence-corrected chi connectivity index (χ1v) is 6.81. The average Bonchev–Trinajstić information content (AvgIpc) is 3.03. The number of amides is 1. The summed E-state index contributed by atoms with van der Waals surface area (Å²) in [4.78, 5) is 23.2. The highest BCUT2D eigenvalue weighted by atomic mass is 16.5. The average molecular weight is 293 g/mol. The molecule has 6 heteroatoms. The molecule has 1 amide bonds. The maximum absolute atomic E-state index is 12.0. The topological polar surface area (TPSA) is 95.9 Å². The van der Waals surface area contributed by atoms with E-state index in [1.165, 1.54) is 6.92 Å². The van der Waals surface area contributed by atoms with Crippen LogP contribution >= 0.6 is 0 Å². The minimum atomic E-state index is -1.72. The molecule has 1 aromatic carbocycles. The van der Waals surface area contributed by atoms with Gasteiger partial charge in [0.25, 0.3) is 0 Å². The van der Waals surface area contributed by atoms with Crippen LogP contribution in [0.1, 0.15) is 18.9 Å². The molecule has 1 aromatic rings. The zero-order chi connectivity index (χ0) is 15.5. The molecule has 0 heterocycles. The van der Waals surface area contributed by atoms with Crippen LogP contribution in [0.25, 0.3) is 0 Å². The lowest BCUT2D eigenvalue weighted by Crippen LogP contribution is -2.42. The van der Waals surface area contributed by atoms with Crippen molar-refractivity contribution >= 4 is 11.9 Å². The Labute approximate surface area is 122 Å². The van der Waals surface area contributed by atoms with Crippen molar-refractivity contribution in [3.05, 3.63) is 35.9 Å². The lowest BCUT2D eigenvalue weighted by atomic mass is 10.1. The highest BCUT2D eigenvalue weighted by Gasteiger charge is 2.52. The van der Waals surface area contributed by atoms with Gasteiger partial charge in [0.05, 0.1) is 12.5 Å². The van der Waals surface area contributed by atoms with E-state index in [-0.39, 0.29) is 18.9 Å². The molecule has 6 nitrogen and oxygen atoms in total. The fourth-order valence-corrected chi connectivity index (χ4v) is 2.07. The van der Waals surface area contributed by atoms with Gasteiger partial charge in [0.1, 0.15) is 6.04 Å². The van der Waals surface area contributed by atoms with Crippen molar-refractivity contribution in [2.45, 2.75) is 31.6 Å². The van der Waals surface area contributed by atoms with Crippen LogP contribution in [0.2, 0.25) is 0 Å². The molecule has 21 heavy (non-hydrogen) atoms. The van der Waals surface area contributed by atoms with Gasteiger partial charge in [-0.15, -0.1) is 0 Å². The van der Waals surface area contributed by atoms with Crippen LogP contribution in [0.15, 0.2) is 30.3 Å². The molecule has 0 spiro atoms. The molecule has 1 aliphatic rings. The molecule has 1 fully saturated rings. The molecule has 114 valence electrons. The highest BCUT2D eigenvalue weighted by molar-refractivity contribution is 5.83. The number of rotatable bonds is 6. The molecule has 0 bridgehead atoms. The number of hydrogen-bond donors (Lipinski definition) is 3. The number of hydrogen-bond acceptors (Lipinski definition) is 5. The summed E-state index contributed by atoms with van der Waals surface area (Å²) >= 11 is 0. The Balaban J connectivity index is 1.91. The Hall–Kier alpha value is -1.92. The highest BCUT2D eigenvalue weighted by Crippen LogP contribution is 2.40. The predicted octanol–water partition coefficient (Wildman–Crippen LogP) is -0.0222. The fourth-order valence-electron chi connectivity index (χ4n) is 2.07. The number of ether oxygens (including phenoxy) is 1.